The van der Waals surface area contributed by atoms with Gasteiger partial charge in [0, 0.05) is 13.0 Å². The molecule has 0 aromatic carbocycles. The Kier molecular flexibility index (Phi) is 2.72. The van der Waals surface area contributed by atoms with Crippen LogP contribution in [0.2, 0.25) is 0 Å². The van der Waals surface area contributed by atoms with Gasteiger partial charge in [-0.05, 0) is 25.7 Å². The number of aliphatic hydroxyl groups excluding tert-OH is 1. The molecule has 4 heteroatoms. The lowest BCUT2D eigenvalue weighted by Crippen LogP contribution is -2.19. The molecule has 0 amide bonds. The van der Waals surface area contributed by atoms with Gasteiger partial charge in [-0.1, -0.05) is 0 Å². The van der Waals surface area contributed by atoms with Gasteiger partial charge in [0.25, 0.3) is 5.56 Å². The standard InChI is InChI=1S/C10H15NO3/c12-7-3-6-11-10(13)8-4-1-2-5-9(8)14-11/h12H,1-7H2. The quantitative estimate of drug-likeness (QED) is 0.776. The van der Waals surface area contributed by atoms with Gasteiger partial charge in [-0.25, -0.2) is 0 Å². The summed E-state index contributed by atoms with van der Waals surface area (Å²) < 4.78 is 6.81. The van der Waals surface area contributed by atoms with Crippen molar-refractivity contribution in [2.24, 2.45) is 0 Å². The average Bonchev–Trinajstić information content (AvgIpc) is 2.54. The van der Waals surface area contributed by atoms with Gasteiger partial charge in [0.1, 0.15) is 5.76 Å². The van der Waals surface area contributed by atoms with Crippen molar-refractivity contribution >= 4 is 0 Å². The second-order valence-corrected chi connectivity index (χ2v) is 3.68. The first-order chi connectivity index (χ1) is 6.83. The number of rotatable bonds is 3. The summed E-state index contributed by atoms with van der Waals surface area (Å²) in [6, 6.07) is 0. The molecule has 0 aliphatic heterocycles. The van der Waals surface area contributed by atoms with E-state index in [0.29, 0.717) is 13.0 Å². The Hall–Kier alpha value is -1.03. The molecular weight excluding hydrogens is 182 g/mol. The summed E-state index contributed by atoms with van der Waals surface area (Å²) in [6.45, 7) is 0.583. The maximum Gasteiger partial charge on any atom is 0.285 e. The maximum absolute atomic E-state index is 11.7. The fourth-order valence-electron chi connectivity index (χ4n) is 1.89. The molecule has 0 fully saturated rings. The number of hydrogen-bond donors (Lipinski definition) is 1. The highest BCUT2D eigenvalue weighted by Crippen LogP contribution is 2.18. The van der Waals surface area contributed by atoms with Crippen LogP contribution in [0.1, 0.15) is 30.6 Å². The second-order valence-electron chi connectivity index (χ2n) is 3.68. The van der Waals surface area contributed by atoms with Crippen molar-refractivity contribution in [3.8, 4) is 0 Å². The zero-order chi connectivity index (χ0) is 9.97. The van der Waals surface area contributed by atoms with Crippen molar-refractivity contribution in [2.75, 3.05) is 6.61 Å². The highest BCUT2D eigenvalue weighted by molar-refractivity contribution is 5.17. The Labute approximate surface area is 82.1 Å². The third-order valence-electron chi connectivity index (χ3n) is 2.64. The molecule has 0 bridgehead atoms. The molecule has 0 atom stereocenters. The fourth-order valence-corrected chi connectivity index (χ4v) is 1.89. The van der Waals surface area contributed by atoms with Crippen LogP contribution in [-0.2, 0) is 19.4 Å². The highest BCUT2D eigenvalue weighted by atomic mass is 16.5. The van der Waals surface area contributed by atoms with Crippen LogP contribution in [0.4, 0.5) is 0 Å². The molecule has 2 rings (SSSR count). The molecule has 4 nitrogen and oxygen atoms in total. The topological polar surface area (TPSA) is 55.4 Å². The van der Waals surface area contributed by atoms with Gasteiger partial charge in [0.15, 0.2) is 0 Å². The normalized spacial score (nSPS) is 15.5. The number of fused-ring (bicyclic) bond motifs is 1. The molecule has 1 aliphatic rings. The van der Waals surface area contributed by atoms with E-state index in [4.69, 9.17) is 9.63 Å². The van der Waals surface area contributed by atoms with Crippen molar-refractivity contribution in [3.05, 3.63) is 21.7 Å². The van der Waals surface area contributed by atoms with Crippen LogP contribution in [0.3, 0.4) is 0 Å². The first kappa shape index (κ1) is 9.52. The van der Waals surface area contributed by atoms with Crippen LogP contribution in [-0.4, -0.2) is 16.5 Å². The minimum absolute atomic E-state index is 0.00755. The summed E-state index contributed by atoms with van der Waals surface area (Å²) in [6.07, 6.45) is 4.51. The van der Waals surface area contributed by atoms with Crippen LogP contribution < -0.4 is 5.56 Å². The van der Waals surface area contributed by atoms with Crippen LogP contribution in [0.15, 0.2) is 9.32 Å². The average molecular weight is 197 g/mol. The number of aryl methyl sites for hydroxylation is 2. The monoisotopic (exact) mass is 197 g/mol. The van der Waals surface area contributed by atoms with Gasteiger partial charge in [-0.3, -0.25) is 4.79 Å². The van der Waals surface area contributed by atoms with E-state index >= 15 is 0 Å². The van der Waals surface area contributed by atoms with E-state index in [1.807, 2.05) is 0 Å². The van der Waals surface area contributed by atoms with Gasteiger partial charge < -0.3 is 9.63 Å². The summed E-state index contributed by atoms with van der Waals surface area (Å²) in [5, 5.41) is 8.66. The van der Waals surface area contributed by atoms with Crippen molar-refractivity contribution in [2.45, 2.75) is 38.6 Å². The molecule has 0 saturated carbocycles. The van der Waals surface area contributed by atoms with E-state index in [1.165, 1.54) is 4.74 Å². The Bertz CT molecular complexity index is 364. The van der Waals surface area contributed by atoms with E-state index < -0.39 is 0 Å². The molecule has 1 aromatic heterocycles. The summed E-state index contributed by atoms with van der Waals surface area (Å²) in [5.41, 5.74) is 0.863. The van der Waals surface area contributed by atoms with Crippen molar-refractivity contribution in [1.82, 2.24) is 4.74 Å². The van der Waals surface area contributed by atoms with Gasteiger partial charge in [-0.15, -0.1) is 0 Å². The van der Waals surface area contributed by atoms with E-state index in [9.17, 15) is 4.79 Å². The van der Waals surface area contributed by atoms with Crippen molar-refractivity contribution < 1.29 is 9.63 Å². The number of aliphatic hydroxyl groups is 1. The Balaban J connectivity index is 2.25. The lowest BCUT2D eigenvalue weighted by atomic mass is 9.99. The molecule has 14 heavy (non-hydrogen) atoms. The summed E-state index contributed by atoms with van der Waals surface area (Å²) in [4.78, 5) is 11.7. The van der Waals surface area contributed by atoms with Crippen LogP contribution in [0, 0.1) is 0 Å². The number of hydrogen-bond acceptors (Lipinski definition) is 3. The lowest BCUT2D eigenvalue weighted by molar-refractivity contribution is 0.208. The van der Waals surface area contributed by atoms with Gasteiger partial charge in [0.05, 0.1) is 12.1 Å². The van der Waals surface area contributed by atoms with Crippen LogP contribution in [0.5, 0.6) is 0 Å². The number of nitrogens with zero attached hydrogens (tertiary/aromatic N) is 1. The van der Waals surface area contributed by atoms with Gasteiger partial charge >= 0.3 is 0 Å². The molecule has 0 radical (unpaired) electrons. The molecule has 1 aromatic rings. The third kappa shape index (κ3) is 1.62. The molecule has 0 spiro atoms. The minimum Gasteiger partial charge on any atom is -0.396 e. The zero-order valence-corrected chi connectivity index (χ0v) is 8.16. The second kappa shape index (κ2) is 4.00. The molecule has 0 unspecified atom stereocenters. The van der Waals surface area contributed by atoms with Crippen LogP contribution in [0.25, 0.3) is 0 Å². The Morgan fingerprint density at radius 1 is 1.36 bits per heavy atom. The number of aromatic nitrogens is 1. The van der Waals surface area contributed by atoms with Crippen LogP contribution >= 0.6 is 0 Å². The SMILES string of the molecule is O=c1c2c(on1CCCO)CCCC2. The Morgan fingerprint density at radius 3 is 2.86 bits per heavy atom. The van der Waals surface area contributed by atoms with E-state index in [-0.39, 0.29) is 12.2 Å². The molecule has 0 saturated heterocycles. The zero-order valence-electron chi connectivity index (χ0n) is 8.16. The van der Waals surface area contributed by atoms with Gasteiger partial charge in [-0.2, -0.15) is 4.74 Å². The molecule has 1 aliphatic carbocycles. The predicted octanol–water partition coefficient (Wildman–Crippen LogP) is 0.703. The van der Waals surface area contributed by atoms with E-state index in [0.717, 1.165) is 37.0 Å². The predicted molar refractivity (Wildman–Crippen MR) is 51.3 cm³/mol. The van der Waals surface area contributed by atoms with Crippen molar-refractivity contribution in [3.63, 3.8) is 0 Å². The lowest BCUT2D eigenvalue weighted by Gasteiger charge is -2.05. The summed E-state index contributed by atoms with van der Waals surface area (Å²) in [7, 11) is 0. The summed E-state index contributed by atoms with van der Waals surface area (Å²) in [5.74, 6) is 0.860. The van der Waals surface area contributed by atoms with Crippen molar-refractivity contribution in [1.29, 1.82) is 0 Å². The third-order valence-corrected chi connectivity index (χ3v) is 2.64. The summed E-state index contributed by atoms with van der Waals surface area (Å²) >= 11 is 0. The first-order valence-electron chi connectivity index (χ1n) is 5.15. The first-order valence-corrected chi connectivity index (χ1v) is 5.15. The van der Waals surface area contributed by atoms with E-state index in [2.05, 4.69) is 0 Å². The van der Waals surface area contributed by atoms with Gasteiger partial charge in [0.2, 0.25) is 0 Å². The molecule has 78 valence electrons. The molecule has 1 N–H and O–H groups in total. The smallest absolute Gasteiger partial charge is 0.285 e. The largest absolute Gasteiger partial charge is 0.396 e. The van der Waals surface area contributed by atoms with E-state index in [1.54, 1.807) is 0 Å². The minimum atomic E-state index is 0.00755. The molecule has 1 heterocycles. The fraction of sp³-hybridized carbons (Fsp3) is 0.700. The highest BCUT2D eigenvalue weighted by Gasteiger charge is 2.19. The Morgan fingerprint density at radius 2 is 2.14 bits per heavy atom. The molecular formula is C10H15NO3. The maximum atomic E-state index is 11.7.